The smallest absolute Gasteiger partial charge is 0.0359 e. The number of nitrogens with one attached hydrogen (secondary N) is 1. The molecule has 0 aromatic carbocycles. The van der Waals surface area contributed by atoms with Gasteiger partial charge in [-0.15, -0.1) is 0 Å². The molecular weight excluding hydrogens is 244 g/mol. The van der Waals surface area contributed by atoms with Crippen molar-refractivity contribution in [2.75, 3.05) is 31.6 Å². The molecule has 0 radical (unpaired) electrons. The minimum atomic E-state index is -0.679. The third-order valence-corrected chi connectivity index (χ3v) is 4.49. The lowest BCUT2D eigenvalue weighted by Gasteiger charge is -2.43. The first-order chi connectivity index (χ1) is 8.40. The lowest BCUT2D eigenvalue weighted by Crippen LogP contribution is -2.59. The molecule has 0 aromatic rings. The Kier molecular flexibility index (Phi) is 6.82. The average Bonchev–Trinajstić information content (AvgIpc) is 2.25. The number of hydrogen-bond acceptors (Lipinski definition) is 3. The molecule has 1 N–H and O–H groups in total. The predicted octanol–water partition coefficient (Wildman–Crippen LogP) is 1.71. The minimum absolute atomic E-state index is 0.594. The Labute approximate surface area is 115 Å². The zero-order valence-corrected chi connectivity index (χ0v) is 13.4. The summed E-state index contributed by atoms with van der Waals surface area (Å²) in [6, 6.07) is 1.20. The largest absolute Gasteiger partial charge is 0.311 e. The van der Waals surface area contributed by atoms with E-state index >= 15 is 0 Å². The number of hydrogen-bond donors (Lipinski definition) is 1. The van der Waals surface area contributed by atoms with Gasteiger partial charge in [0.1, 0.15) is 0 Å². The standard InChI is InChI=1S/C14H30N2OS/c1-11(2)8-13-10-16(6-7-18(5)17)14(9-15-13)12(3)4/h11-15H,6-10H2,1-5H3. The van der Waals surface area contributed by atoms with E-state index in [1.165, 1.54) is 6.42 Å². The minimum Gasteiger partial charge on any atom is -0.311 e. The highest BCUT2D eigenvalue weighted by Crippen LogP contribution is 2.18. The van der Waals surface area contributed by atoms with Gasteiger partial charge in [-0.1, -0.05) is 27.7 Å². The molecule has 0 spiro atoms. The molecule has 4 heteroatoms. The molecule has 0 aliphatic carbocycles. The normalized spacial score (nSPS) is 27.9. The van der Waals surface area contributed by atoms with Crippen LogP contribution in [0.4, 0.5) is 0 Å². The van der Waals surface area contributed by atoms with E-state index in [1.54, 1.807) is 6.26 Å². The summed E-state index contributed by atoms with van der Waals surface area (Å²) in [5.41, 5.74) is 0. The maximum Gasteiger partial charge on any atom is 0.0359 e. The van der Waals surface area contributed by atoms with E-state index in [9.17, 15) is 4.21 Å². The summed E-state index contributed by atoms with van der Waals surface area (Å²) in [5, 5.41) is 3.68. The molecule has 0 saturated carbocycles. The van der Waals surface area contributed by atoms with E-state index in [4.69, 9.17) is 0 Å². The summed E-state index contributed by atoms with van der Waals surface area (Å²) >= 11 is 0. The quantitative estimate of drug-likeness (QED) is 0.800. The topological polar surface area (TPSA) is 32.3 Å². The molecule has 108 valence electrons. The van der Waals surface area contributed by atoms with Gasteiger partial charge in [-0.05, 0) is 18.3 Å². The fraction of sp³-hybridized carbons (Fsp3) is 1.00. The molecule has 1 saturated heterocycles. The van der Waals surface area contributed by atoms with Crippen LogP contribution in [0.5, 0.6) is 0 Å². The summed E-state index contributed by atoms with van der Waals surface area (Å²) in [6.45, 7) is 12.3. The van der Waals surface area contributed by atoms with Crippen molar-refractivity contribution in [1.82, 2.24) is 10.2 Å². The maximum absolute atomic E-state index is 11.3. The van der Waals surface area contributed by atoms with Crippen molar-refractivity contribution in [3.8, 4) is 0 Å². The maximum atomic E-state index is 11.3. The van der Waals surface area contributed by atoms with Gasteiger partial charge in [-0.3, -0.25) is 9.11 Å². The first kappa shape index (κ1) is 16.1. The molecule has 3 nitrogen and oxygen atoms in total. The summed E-state index contributed by atoms with van der Waals surface area (Å²) in [4.78, 5) is 2.55. The second-order valence-electron chi connectivity index (χ2n) is 6.32. The monoisotopic (exact) mass is 274 g/mol. The van der Waals surface area contributed by atoms with E-state index in [2.05, 4.69) is 37.9 Å². The fourth-order valence-corrected chi connectivity index (χ4v) is 3.28. The Balaban J connectivity index is 2.55. The third kappa shape index (κ3) is 5.37. The van der Waals surface area contributed by atoms with Crippen molar-refractivity contribution >= 4 is 10.8 Å². The molecule has 1 aliphatic heterocycles. The van der Waals surface area contributed by atoms with Crippen molar-refractivity contribution in [2.24, 2.45) is 11.8 Å². The van der Waals surface area contributed by atoms with Gasteiger partial charge >= 0.3 is 0 Å². The van der Waals surface area contributed by atoms with E-state index < -0.39 is 10.8 Å². The van der Waals surface area contributed by atoms with Crippen molar-refractivity contribution in [2.45, 2.75) is 46.2 Å². The predicted molar refractivity (Wildman–Crippen MR) is 80.4 cm³/mol. The second-order valence-corrected chi connectivity index (χ2v) is 7.87. The van der Waals surface area contributed by atoms with Crippen LogP contribution in [0, 0.1) is 11.8 Å². The first-order valence-corrected chi connectivity index (χ1v) is 8.90. The lowest BCUT2D eigenvalue weighted by atomic mass is 9.95. The molecule has 18 heavy (non-hydrogen) atoms. The van der Waals surface area contributed by atoms with Crippen LogP contribution in [0.3, 0.4) is 0 Å². The summed E-state index contributed by atoms with van der Waals surface area (Å²) < 4.78 is 11.3. The van der Waals surface area contributed by atoms with E-state index in [0.29, 0.717) is 18.0 Å². The molecule has 0 bridgehead atoms. The van der Waals surface area contributed by atoms with Gasteiger partial charge in [0.25, 0.3) is 0 Å². The first-order valence-electron chi connectivity index (χ1n) is 7.17. The number of nitrogens with zero attached hydrogens (tertiary/aromatic N) is 1. The van der Waals surface area contributed by atoms with Gasteiger partial charge in [-0.25, -0.2) is 0 Å². The van der Waals surface area contributed by atoms with Gasteiger partial charge in [0.05, 0.1) is 0 Å². The second kappa shape index (κ2) is 7.61. The zero-order valence-electron chi connectivity index (χ0n) is 12.6. The summed E-state index contributed by atoms with van der Waals surface area (Å²) in [5.74, 6) is 2.19. The van der Waals surface area contributed by atoms with Crippen molar-refractivity contribution in [1.29, 1.82) is 0 Å². The van der Waals surface area contributed by atoms with Crippen LogP contribution in [0.15, 0.2) is 0 Å². The highest BCUT2D eigenvalue weighted by atomic mass is 32.2. The van der Waals surface area contributed by atoms with Crippen LogP contribution >= 0.6 is 0 Å². The van der Waals surface area contributed by atoms with Gasteiger partial charge in [0.2, 0.25) is 0 Å². The number of piperazine rings is 1. The van der Waals surface area contributed by atoms with E-state index in [1.807, 2.05) is 0 Å². The van der Waals surface area contributed by atoms with E-state index in [0.717, 1.165) is 31.3 Å². The molecule has 1 heterocycles. The molecule has 1 aliphatic rings. The molecule has 1 fully saturated rings. The SMILES string of the molecule is CC(C)CC1CN(CCS(C)=O)C(C(C)C)CN1. The molecule has 3 unspecified atom stereocenters. The van der Waals surface area contributed by atoms with Gasteiger partial charge in [0.15, 0.2) is 0 Å². The number of rotatable bonds is 6. The van der Waals surface area contributed by atoms with Crippen LogP contribution in [-0.2, 0) is 10.8 Å². The fourth-order valence-electron chi connectivity index (χ4n) is 2.79. The Bertz CT molecular complexity index is 269. The van der Waals surface area contributed by atoms with Crippen molar-refractivity contribution in [3.63, 3.8) is 0 Å². The van der Waals surface area contributed by atoms with Gasteiger partial charge in [-0.2, -0.15) is 0 Å². The summed E-state index contributed by atoms with van der Waals surface area (Å²) in [7, 11) is -0.679. The average molecular weight is 274 g/mol. The van der Waals surface area contributed by atoms with E-state index in [-0.39, 0.29) is 0 Å². The lowest BCUT2D eigenvalue weighted by molar-refractivity contribution is 0.0989. The van der Waals surface area contributed by atoms with Crippen LogP contribution in [0.25, 0.3) is 0 Å². The van der Waals surface area contributed by atoms with Crippen LogP contribution in [0.2, 0.25) is 0 Å². The van der Waals surface area contributed by atoms with Gasteiger partial charge < -0.3 is 5.32 Å². The molecule has 0 aromatic heterocycles. The zero-order chi connectivity index (χ0) is 13.7. The van der Waals surface area contributed by atoms with Crippen LogP contribution in [-0.4, -0.2) is 52.8 Å². The van der Waals surface area contributed by atoms with Crippen molar-refractivity contribution in [3.05, 3.63) is 0 Å². The Morgan fingerprint density at radius 2 is 2.00 bits per heavy atom. The molecule has 0 amide bonds. The molecule has 1 rings (SSSR count). The molecular formula is C14H30N2OS. The Morgan fingerprint density at radius 1 is 1.33 bits per heavy atom. The van der Waals surface area contributed by atoms with Gasteiger partial charge in [0, 0.05) is 54.5 Å². The van der Waals surface area contributed by atoms with Crippen molar-refractivity contribution < 1.29 is 4.21 Å². The van der Waals surface area contributed by atoms with Crippen LogP contribution in [0.1, 0.15) is 34.1 Å². The third-order valence-electron chi connectivity index (χ3n) is 3.73. The highest BCUT2D eigenvalue weighted by Gasteiger charge is 2.29. The highest BCUT2D eigenvalue weighted by molar-refractivity contribution is 7.84. The summed E-state index contributed by atoms with van der Waals surface area (Å²) in [6.07, 6.45) is 3.04. The van der Waals surface area contributed by atoms with Crippen LogP contribution < -0.4 is 5.32 Å². The Morgan fingerprint density at radius 3 is 2.50 bits per heavy atom. The Hall–Kier alpha value is 0.0700. The molecule has 3 atom stereocenters.